The highest BCUT2D eigenvalue weighted by atomic mass is 16.6. The van der Waals surface area contributed by atoms with Crippen molar-refractivity contribution in [1.29, 1.82) is 0 Å². The van der Waals surface area contributed by atoms with Gasteiger partial charge in [0.15, 0.2) is 6.10 Å². The Morgan fingerprint density at radius 3 is 1.00 bits per heavy atom. The lowest BCUT2D eigenvalue weighted by Crippen LogP contribution is -2.30. The van der Waals surface area contributed by atoms with E-state index in [-0.39, 0.29) is 44.4 Å². The summed E-state index contributed by atoms with van der Waals surface area (Å²) in [6.07, 6.45) is 85.2. The van der Waals surface area contributed by atoms with Gasteiger partial charge in [0.1, 0.15) is 13.2 Å². The number of hydrogen-bond donors (Lipinski definition) is 0. The summed E-state index contributed by atoms with van der Waals surface area (Å²) in [6, 6.07) is 0. The summed E-state index contributed by atoms with van der Waals surface area (Å²) in [6.45, 7) is 6.06. The summed E-state index contributed by atoms with van der Waals surface area (Å²) in [4.78, 5) is 38.0. The number of esters is 3. The largest absolute Gasteiger partial charge is 0.462 e. The summed E-state index contributed by atoms with van der Waals surface area (Å²) < 4.78 is 16.7. The summed E-state index contributed by atoms with van der Waals surface area (Å²) in [7, 11) is 0. The normalized spacial score (nSPS) is 13.8. The van der Waals surface area contributed by atoms with Crippen molar-refractivity contribution in [3.05, 3.63) is 207 Å². The van der Waals surface area contributed by atoms with E-state index in [9.17, 15) is 14.4 Å². The molecule has 0 aliphatic heterocycles. The number of hydrogen-bond acceptors (Lipinski definition) is 6. The maximum absolute atomic E-state index is 12.8. The fourth-order valence-corrected chi connectivity index (χ4v) is 5.83. The lowest BCUT2D eigenvalue weighted by atomic mass is 10.1. The maximum Gasteiger partial charge on any atom is 0.306 e. The van der Waals surface area contributed by atoms with Crippen molar-refractivity contribution in [3.63, 3.8) is 0 Å². The third-order valence-corrected chi connectivity index (χ3v) is 9.59. The zero-order valence-electron chi connectivity index (χ0n) is 42.7. The van der Waals surface area contributed by atoms with Gasteiger partial charge in [-0.3, -0.25) is 14.4 Å². The molecule has 0 saturated carbocycles. The third-order valence-electron chi connectivity index (χ3n) is 9.59. The predicted molar refractivity (Wildman–Crippen MR) is 297 cm³/mol. The quantitative estimate of drug-likeness (QED) is 0.0199. The topological polar surface area (TPSA) is 78.9 Å². The summed E-state index contributed by atoms with van der Waals surface area (Å²) in [5.74, 6) is -1.12. The molecule has 0 N–H and O–H groups in total. The van der Waals surface area contributed by atoms with Crippen LogP contribution in [0.2, 0.25) is 0 Å². The van der Waals surface area contributed by atoms with Crippen LogP contribution in [0.25, 0.3) is 0 Å². The molecule has 0 saturated heterocycles. The van der Waals surface area contributed by atoms with Crippen molar-refractivity contribution in [3.8, 4) is 0 Å². The third kappa shape index (κ3) is 52.8. The minimum Gasteiger partial charge on any atom is -0.462 e. The van der Waals surface area contributed by atoms with Gasteiger partial charge < -0.3 is 14.2 Å². The highest BCUT2D eigenvalue weighted by Gasteiger charge is 2.19. The molecule has 0 bridgehead atoms. The van der Waals surface area contributed by atoms with Gasteiger partial charge in [-0.15, -0.1) is 0 Å². The average Bonchev–Trinajstić information content (AvgIpc) is 3.35. The van der Waals surface area contributed by atoms with Crippen molar-refractivity contribution in [2.75, 3.05) is 13.2 Å². The number of allylic oxidation sites excluding steroid dienone is 34. The highest BCUT2D eigenvalue weighted by molar-refractivity contribution is 5.71. The van der Waals surface area contributed by atoms with Crippen LogP contribution in [-0.2, 0) is 28.6 Å². The highest BCUT2D eigenvalue weighted by Crippen LogP contribution is 2.10. The molecule has 0 amide bonds. The Labute approximate surface area is 419 Å². The van der Waals surface area contributed by atoms with Gasteiger partial charge in [0.25, 0.3) is 0 Å². The van der Waals surface area contributed by atoms with Crippen LogP contribution in [0.1, 0.15) is 149 Å². The van der Waals surface area contributed by atoms with E-state index in [1.165, 1.54) is 0 Å². The molecule has 0 rings (SSSR count). The number of rotatable bonds is 42. The molecular formula is C63H88O6. The molecule has 6 heteroatoms. The van der Waals surface area contributed by atoms with Crippen LogP contribution in [0.5, 0.6) is 0 Å². The van der Waals surface area contributed by atoms with Crippen molar-refractivity contribution < 1.29 is 28.6 Å². The summed E-state index contributed by atoms with van der Waals surface area (Å²) in [5.41, 5.74) is 0. The predicted octanol–water partition coefficient (Wildman–Crippen LogP) is 17.3. The van der Waals surface area contributed by atoms with E-state index in [2.05, 4.69) is 106 Å². The van der Waals surface area contributed by atoms with E-state index in [1.54, 1.807) is 0 Å². The zero-order chi connectivity index (χ0) is 50.0. The SMILES string of the molecule is CC\C=C/C=C\C=C/C=C\C=C\C=C/CCCCCC(=O)OCC(COC(=O)CCC/C=C\C/C=C\C/C=C\C/C=C\C/C=C\CC)OC(=O)CCCCC\C=C/C=C/C=C\C=C/C=C\C=C/CC. The van der Waals surface area contributed by atoms with Gasteiger partial charge >= 0.3 is 17.9 Å². The summed E-state index contributed by atoms with van der Waals surface area (Å²) >= 11 is 0. The van der Waals surface area contributed by atoms with Crippen LogP contribution in [-0.4, -0.2) is 37.2 Å². The Bertz CT molecular complexity index is 1790. The molecule has 1 unspecified atom stereocenters. The van der Waals surface area contributed by atoms with Crippen LogP contribution < -0.4 is 0 Å². The van der Waals surface area contributed by atoms with Gasteiger partial charge in [-0.25, -0.2) is 0 Å². The minimum atomic E-state index is -0.857. The van der Waals surface area contributed by atoms with Crippen LogP contribution in [0.3, 0.4) is 0 Å². The standard InChI is InChI=1S/C63H88O6/c1-4-7-10-13-16-19-22-25-28-31-34-37-40-43-46-49-52-55-61(64)67-58-60(69-63(66)57-54-51-48-45-42-39-36-33-30-27-24-21-18-15-12-9-6-3)59-68-62(65)56-53-50-47-44-41-38-35-32-29-26-23-20-17-14-11-8-5-2/h7-13,15-22,24-31,33-40,42,44,47,60H,4-6,14,23,32,41,43,45-46,48-59H2,1-3H3/b10-7-,11-8-,12-9-,16-13-,18-15-,20-17-,22-19-,24-21-,28-25-,29-26-,30-27-,34-31+,36-33+,38-35-,40-37-,42-39-,47-44-. The lowest BCUT2D eigenvalue weighted by Gasteiger charge is -2.18. The van der Waals surface area contributed by atoms with Crippen LogP contribution in [0, 0.1) is 0 Å². The van der Waals surface area contributed by atoms with Crippen molar-refractivity contribution in [1.82, 2.24) is 0 Å². The molecule has 376 valence electrons. The van der Waals surface area contributed by atoms with Crippen molar-refractivity contribution in [2.24, 2.45) is 0 Å². The molecule has 69 heavy (non-hydrogen) atoms. The van der Waals surface area contributed by atoms with Gasteiger partial charge in [0, 0.05) is 19.3 Å². The molecule has 1 atom stereocenters. The first kappa shape index (κ1) is 63.0. The average molecular weight is 941 g/mol. The Kier molecular flexibility index (Phi) is 49.8. The molecule has 0 heterocycles. The van der Waals surface area contributed by atoms with E-state index in [1.807, 2.05) is 122 Å². The first-order valence-electron chi connectivity index (χ1n) is 25.8. The van der Waals surface area contributed by atoms with Crippen LogP contribution in [0.15, 0.2) is 207 Å². The van der Waals surface area contributed by atoms with E-state index in [4.69, 9.17) is 14.2 Å². The molecular weight excluding hydrogens is 853 g/mol. The smallest absolute Gasteiger partial charge is 0.306 e. The minimum absolute atomic E-state index is 0.151. The van der Waals surface area contributed by atoms with Gasteiger partial charge in [-0.1, -0.05) is 240 Å². The number of unbranched alkanes of at least 4 members (excludes halogenated alkanes) is 7. The Balaban J connectivity index is 4.73. The first-order valence-corrected chi connectivity index (χ1v) is 25.8. The fraction of sp³-hybridized carbons (Fsp3) is 0.413. The van der Waals surface area contributed by atoms with Gasteiger partial charge in [0.05, 0.1) is 0 Å². The van der Waals surface area contributed by atoms with Crippen LogP contribution in [0.4, 0.5) is 0 Å². The van der Waals surface area contributed by atoms with Gasteiger partial charge in [0.2, 0.25) is 0 Å². The molecule has 0 spiro atoms. The number of ether oxygens (including phenoxy) is 3. The second kappa shape index (κ2) is 54.6. The zero-order valence-corrected chi connectivity index (χ0v) is 42.7. The van der Waals surface area contributed by atoms with Crippen LogP contribution >= 0.6 is 0 Å². The molecule has 0 aromatic heterocycles. The molecule has 0 aromatic carbocycles. The molecule has 0 radical (unpaired) electrons. The molecule has 0 fully saturated rings. The maximum atomic E-state index is 12.8. The Morgan fingerprint density at radius 1 is 0.304 bits per heavy atom. The van der Waals surface area contributed by atoms with E-state index < -0.39 is 12.1 Å². The van der Waals surface area contributed by atoms with E-state index >= 15 is 0 Å². The number of carbonyl (C=O) groups is 3. The van der Waals surface area contributed by atoms with E-state index in [0.29, 0.717) is 19.3 Å². The van der Waals surface area contributed by atoms with Crippen molar-refractivity contribution >= 4 is 17.9 Å². The first-order chi connectivity index (χ1) is 34.0. The molecule has 0 aromatic rings. The molecule has 6 nitrogen and oxygen atoms in total. The van der Waals surface area contributed by atoms with Gasteiger partial charge in [-0.2, -0.15) is 0 Å². The second-order valence-electron chi connectivity index (χ2n) is 15.9. The Hall–Kier alpha value is -6.01. The number of carbonyl (C=O) groups excluding carboxylic acids is 3. The second-order valence-corrected chi connectivity index (χ2v) is 15.9. The fourth-order valence-electron chi connectivity index (χ4n) is 5.83. The lowest BCUT2D eigenvalue weighted by molar-refractivity contribution is -0.167. The summed E-state index contributed by atoms with van der Waals surface area (Å²) in [5, 5.41) is 0. The Morgan fingerprint density at radius 2 is 0.609 bits per heavy atom. The van der Waals surface area contributed by atoms with Crippen molar-refractivity contribution in [2.45, 2.75) is 155 Å². The van der Waals surface area contributed by atoms with E-state index in [0.717, 1.165) is 89.9 Å². The van der Waals surface area contributed by atoms with Gasteiger partial charge in [-0.05, 0) is 96.3 Å². The molecule has 0 aliphatic carbocycles. The molecule has 0 aliphatic rings. The monoisotopic (exact) mass is 941 g/mol.